The highest BCUT2D eigenvalue weighted by molar-refractivity contribution is 5.93. The molecule has 0 bridgehead atoms. The number of rotatable bonds is 6. The van der Waals surface area contributed by atoms with Gasteiger partial charge < -0.3 is 10.2 Å². The van der Waals surface area contributed by atoms with Crippen LogP contribution >= 0.6 is 0 Å². The Morgan fingerprint density at radius 2 is 1.83 bits per heavy atom. The Kier molecular flexibility index (Phi) is 6.54. The Morgan fingerprint density at radius 3 is 2.48 bits per heavy atom. The number of halogens is 1. The SMILES string of the molecule is O=C(Nc1cc([N+](=O)[O-])ccc1F)C1CCN(C(=O)CCc2ccccc2)CC1. The monoisotopic (exact) mass is 399 g/mol. The predicted molar refractivity (Wildman–Crippen MR) is 106 cm³/mol. The van der Waals surface area contributed by atoms with Crippen LogP contribution in [0.2, 0.25) is 0 Å². The smallest absolute Gasteiger partial charge is 0.271 e. The molecule has 2 aromatic rings. The maximum atomic E-state index is 13.9. The minimum atomic E-state index is -0.725. The molecular weight excluding hydrogens is 377 g/mol. The van der Waals surface area contributed by atoms with Crippen LogP contribution < -0.4 is 5.32 Å². The van der Waals surface area contributed by atoms with Gasteiger partial charge >= 0.3 is 0 Å². The van der Waals surface area contributed by atoms with Crippen LogP contribution in [0.25, 0.3) is 0 Å². The summed E-state index contributed by atoms with van der Waals surface area (Å²) in [7, 11) is 0. The second-order valence-corrected chi connectivity index (χ2v) is 7.05. The molecule has 1 aliphatic rings. The van der Waals surface area contributed by atoms with Crippen LogP contribution in [0.15, 0.2) is 48.5 Å². The van der Waals surface area contributed by atoms with Crippen LogP contribution in [-0.4, -0.2) is 34.7 Å². The molecule has 7 nitrogen and oxygen atoms in total. The molecule has 2 amide bonds. The topological polar surface area (TPSA) is 92.5 Å². The third-order valence-corrected chi connectivity index (χ3v) is 5.11. The van der Waals surface area contributed by atoms with Gasteiger partial charge in [-0.2, -0.15) is 0 Å². The second-order valence-electron chi connectivity index (χ2n) is 7.05. The van der Waals surface area contributed by atoms with E-state index >= 15 is 0 Å². The Morgan fingerprint density at radius 1 is 1.14 bits per heavy atom. The summed E-state index contributed by atoms with van der Waals surface area (Å²) in [4.78, 5) is 36.8. The molecule has 2 aromatic carbocycles. The van der Waals surface area contributed by atoms with Gasteiger partial charge in [-0.3, -0.25) is 19.7 Å². The molecule has 0 radical (unpaired) electrons. The van der Waals surface area contributed by atoms with E-state index in [0.29, 0.717) is 38.8 Å². The maximum Gasteiger partial charge on any atom is 0.271 e. The first-order valence-corrected chi connectivity index (χ1v) is 9.50. The number of carbonyl (C=O) groups excluding carboxylic acids is 2. The molecule has 8 heteroatoms. The summed E-state index contributed by atoms with van der Waals surface area (Å²) in [5.74, 6) is -1.43. The fourth-order valence-corrected chi connectivity index (χ4v) is 3.40. The first-order chi connectivity index (χ1) is 13.9. The zero-order valence-electron chi connectivity index (χ0n) is 15.8. The number of carbonyl (C=O) groups is 2. The van der Waals surface area contributed by atoms with Crippen molar-refractivity contribution < 1.29 is 18.9 Å². The van der Waals surface area contributed by atoms with Crippen LogP contribution in [0.1, 0.15) is 24.8 Å². The lowest BCUT2D eigenvalue weighted by molar-refractivity contribution is -0.384. The number of hydrogen-bond acceptors (Lipinski definition) is 4. The lowest BCUT2D eigenvalue weighted by Crippen LogP contribution is -2.41. The van der Waals surface area contributed by atoms with Crippen molar-refractivity contribution in [2.45, 2.75) is 25.7 Å². The summed E-state index contributed by atoms with van der Waals surface area (Å²) in [5.41, 5.74) is 0.611. The Bertz CT molecular complexity index is 896. The van der Waals surface area contributed by atoms with Gasteiger partial charge in [0.15, 0.2) is 0 Å². The molecule has 152 valence electrons. The molecule has 1 saturated heterocycles. The Balaban J connectivity index is 1.50. The van der Waals surface area contributed by atoms with Crippen LogP contribution in [-0.2, 0) is 16.0 Å². The van der Waals surface area contributed by atoms with Crippen molar-refractivity contribution in [2.24, 2.45) is 5.92 Å². The van der Waals surface area contributed by atoms with Crippen LogP contribution in [0, 0.1) is 21.8 Å². The zero-order valence-corrected chi connectivity index (χ0v) is 15.8. The number of benzene rings is 2. The number of hydrogen-bond donors (Lipinski definition) is 1. The van der Waals surface area contributed by atoms with Crippen LogP contribution in [0.4, 0.5) is 15.8 Å². The van der Waals surface area contributed by atoms with Gasteiger partial charge in [0.1, 0.15) is 5.82 Å². The first-order valence-electron chi connectivity index (χ1n) is 9.50. The predicted octanol–water partition coefficient (Wildman–Crippen LogP) is 3.54. The number of non-ortho nitro benzene ring substituents is 1. The lowest BCUT2D eigenvalue weighted by atomic mass is 9.95. The Labute approximate surface area is 167 Å². The highest BCUT2D eigenvalue weighted by Gasteiger charge is 2.28. The van der Waals surface area contributed by atoms with Gasteiger partial charge in [0, 0.05) is 37.6 Å². The van der Waals surface area contributed by atoms with Gasteiger partial charge in [0.25, 0.3) is 5.69 Å². The molecule has 0 unspecified atom stereocenters. The van der Waals surface area contributed by atoms with E-state index in [-0.39, 0.29) is 29.1 Å². The molecule has 0 aliphatic carbocycles. The van der Waals surface area contributed by atoms with Crippen molar-refractivity contribution in [1.82, 2.24) is 4.90 Å². The van der Waals surface area contributed by atoms with Gasteiger partial charge in [0.2, 0.25) is 11.8 Å². The third kappa shape index (κ3) is 5.37. The van der Waals surface area contributed by atoms with Crippen molar-refractivity contribution in [2.75, 3.05) is 18.4 Å². The minimum Gasteiger partial charge on any atom is -0.343 e. The first kappa shape index (κ1) is 20.4. The molecule has 1 N–H and O–H groups in total. The van der Waals surface area contributed by atoms with Gasteiger partial charge in [0.05, 0.1) is 10.6 Å². The number of aryl methyl sites for hydroxylation is 1. The molecule has 0 saturated carbocycles. The highest BCUT2D eigenvalue weighted by atomic mass is 19.1. The quantitative estimate of drug-likeness (QED) is 0.594. The van der Waals surface area contributed by atoms with E-state index in [1.54, 1.807) is 4.90 Å². The van der Waals surface area contributed by atoms with Crippen molar-refractivity contribution in [1.29, 1.82) is 0 Å². The summed E-state index contributed by atoms with van der Waals surface area (Å²) >= 11 is 0. The number of amides is 2. The number of nitrogens with zero attached hydrogens (tertiary/aromatic N) is 2. The molecule has 3 rings (SSSR count). The van der Waals surface area contributed by atoms with Crippen molar-refractivity contribution >= 4 is 23.2 Å². The largest absolute Gasteiger partial charge is 0.343 e. The number of piperidine rings is 1. The molecule has 0 aromatic heterocycles. The summed E-state index contributed by atoms with van der Waals surface area (Å²) in [6.07, 6.45) is 2.03. The molecule has 1 fully saturated rings. The second kappa shape index (κ2) is 9.27. The van der Waals surface area contributed by atoms with Gasteiger partial charge in [-0.25, -0.2) is 4.39 Å². The Hall–Kier alpha value is -3.29. The van der Waals surface area contributed by atoms with E-state index in [0.717, 1.165) is 23.8 Å². The molecule has 0 atom stereocenters. The van der Waals surface area contributed by atoms with Crippen LogP contribution in [0.3, 0.4) is 0 Å². The number of anilines is 1. The number of nitrogens with one attached hydrogen (secondary N) is 1. The van der Waals surface area contributed by atoms with Gasteiger partial charge in [-0.15, -0.1) is 0 Å². The maximum absolute atomic E-state index is 13.9. The van der Waals surface area contributed by atoms with Crippen molar-refractivity contribution in [3.8, 4) is 0 Å². The van der Waals surface area contributed by atoms with Crippen molar-refractivity contribution in [3.63, 3.8) is 0 Å². The zero-order chi connectivity index (χ0) is 20.8. The average Bonchev–Trinajstić information content (AvgIpc) is 2.74. The highest BCUT2D eigenvalue weighted by Crippen LogP contribution is 2.24. The summed E-state index contributed by atoms with van der Waals surface area (Å²) in [6, 6.07) is 12.8. The van der Waals surface area contributed by atoms with E-state index in [9.17, 15) is 24.1 Å². The fraction of sp³-hybridized carbons (Fsp3) is 0.333. The van der Waals surface area contributed by atoms with E-state index in [4.69, 9.17) is 0 Å². The number of nitro benzene ring substituents is 1. The lowest BCUT2D eigenvalue weighted by Gasteiger charge is -2.31. The van der Waals surface area contributed by atoms with Gasteiger partial charge in [-0.1, -0.05) is 30.3 Å². The standard InChI is InChI=1S/C21H22FN3O4/c22-18-8-7-17(25(28)29)14-19(18)23-21(27)16-10-12-24(13-11-16)20(26)9-6-15-4-2-1-3-5-15/h1-5,7-8,14,16H,6,9-13H2,(H,23,27). The van der Waals surface area contributed by atoms with E-state index in [2.05, 4.69) is 5.32 Å². The summed E-state index contributed by atoms with van der Waals surface area (Å²) in [6.45, 7) is 0.923. The van der Waals surface area contributed by atoms with E-state index in [1.165, 1.54) is 0 Å². The third-order valence-electron chi connectivity index (χ3n) is 5.11. The summed E-state index contributed by atoms with van der Waals surface area (Å²) < 4.78 is 13.9. The van der Waals surface area contributed by atoms with E-state index < -0.39 is 10.7 Å². The van der Waals surface area contributed by atoms with Crippen LogP contribution in [0.5, 0.6) is 0 Å². The average molecular weight is 399 g/mol. The van der Waals surface area contributed by atoms with Gasteiger partial charge in [-0.05, 0) is 30.9 Å². The molecular formula is C21H22FN3O4. The minimum absolute atomic E-state index is 0.0532. The normalized spacial score (nSPS) is 14.4. The fourth-order valence-electron chi connectivity index (χ4n) is 3.40. The molecule has 29 heavy (non-hydrogen) atoms. The molecule has 1 heterocycles. The number of likely N-dealkylation sites (tertiary alicyclic amines) is 1. The summed E-state index contributed by atoms with van der Waals surface area (Å²) in [5, 5.41) is 13.3. The molecule has 1 aliphatic heterocycles. The van der Waals surface area contributed by atoms with E-state index in [1.807, 2.05) is 30.3 Å². The van der Waals surface area contributed by atoms with Crippen molar-refractivity contribution in [3.05, 3.63) is 70.0 Å². The molecule has 0 spiro atoms. The number of nitro groups is 1.